The van der Waals surface area contributed by atoms with Crippen molar-refractivity contribution in [2.45, 2.75) is 13.3 Å². The number of rotatable bonds is 7. The summed E-state index contributed by atoms with van der Waals surface area (Å²) >= 11 is 0. The Kier molecular flexibility index (Phi) is 7.42. The Morgan fingerprint density at radius 2 is 1.73 bits per heavy atom. The van der Waals surface area contributed by atoms with Crippen LogP contribution in [0, 0.1) is 6.92 Å². The van der Waals surface area contributed by atoms with Gasteiger partial charge in [-0.2, -0.15) is 0 Å². The smallest absolute Gasteiger partial charge is 0.413 e. The lowest BCUT2D eigenvalue weighted by molar-refractivity contribution is 0.197. The van der Waals surface area contributed by atoms with Crippen molar-refractivity contribution in [3.8, 4) is 22.8 Å². The quantitative estimate of drug-likeness (QED) is 0.533. The average Bonchev–Trinajstić information content (AvgIpc) is 2.84. The van der Waals surface area contributed by atoms with Gasteiger partial charge in [-0.1, -0.05) is 30.3 Å². The zero-order valence-corrected chi connectivity index (χ0v) is 18.9. The van der Waals surface area contributed by atoms with Crippen molar-refractivity contribution >= 4 is 11.8 Å². The van der Waals surface area contributed by atoms with Crippen LogP contribution in [0.25, 0.3) is 11.1 Å². The van der Waals surface area contributed by atoms with E-state index in [0.717, 1.165) is 50.3 Å². The number of benzene rings is 2. The molecule has 4 rings (SSSR count). The number of aromatic nitrogens is 1. The molecule has 1 amide bonds. The summed E-state index contributed by atoms with van der Waals surface area (Å²) in [5, 5.41) is 12.2. The molecule has 1 fully saturated rings. The normalized spacial score (nSPS) is 14.2. The number of hydrogen-bond acceptors (Lipinski definition) is 6. The minimum absolute atomic E-state index is 0.216. The highest BCUT2D eigenvalue weighted by Gasteiger charge is 2.17. The van der Waals surface area contributed by atoms with Gasteiger partial charge in [0.1, 0.15) is 5.75 Å². The van der Waals surface area contributed by atoms with Gasteiger partial charge in [-0.3, -0.25) is 4.90 Å². The van der Waals surface area contributed by atoms with Gasteiger partial charge in [0.15, 0.2) is 0 Å². The topological polar surface area (TPSA) is 77.9 Å². The fourth-order valence-corrected chi connectivity index (χ4v) is 4.02. The lowest BCUT2D eigenvalue weighted by Crippen LogP contribution is -2.47. The summed E-state index contributed by atoms with van der Waals surface area (Å²) in [5.41, 5.74) is 4.45. The maximum Gasteiger partial charge on any atom is 0.413 e. The summed E-state index contributed by atoms with van der Waals surface area (Å²) in [5.74, 6) is 0.468. The van der Waals surface area contributed by atoms with Gasteiger partial charge in [-0.25, -0.2) is 9.78 Å². The molecular formula is C26H30N4O3. The Balaban J connectivity index is 1.14. The van der Waals surface area contributed by atoms with Gasteiger partial charge in [-0.05, 0) is 55.3 Å². The second kappa shape index (κ2) is 10.8. The Hall–Kier alpha value is -3.58. The highest BCUT2D eigenvalue weighted by atomic mass is 16.6. The minimum atomic E-state index is -0.496. The Labute approximate surface area is 194 Å². The Morgan fingerprint density at radius 1 is 1.00 bits per heavy atom. The molecule has 1 aliphatic rings. The lowest BCUT2D eigenvalue weighted by Gasteiger charge is -2.36. The average molecular weight is 447 g/mol. The van der Waals surface area contributed by atoms with Gasteiger partial charge < -0.3 is 20.1 Å². The Bertz CT molecular complexity index is 1050. The molecule has 0 bridgehead atoms. The number of phenols is 1. The third kappa shape index (κ3) is 6.23. The number of para-hydroxylation sites is 1. The molecule has 33 heavy (non-hydrogen) atoms. The summed E-state index contributed by atoms with van der Waals surface area (Å²) in [6.07, 6.45) is 2.02. The van der Waals surface area contributed by atoms with Crippen LogP contribution < -0.4 is 15.0 Å². The predicted octanol–water partition coefficient (Wildman–Crippen LogP) is 4.06. The van der Waals surface area contributed by atoms with E-state index in [4.69, 9.17) is 4.74 Å². The molecule has 1 saturated heterocycles. The van der Waals surface area contributed by atoms with E-state index >= 15 is 0 Å². The molecule has 0 atom stereocenters. The summed E-state index contributed by atoms with van der Waals surface area (Å²) in [4.78, 5) is 21.1. The number of piperazine rings is 1. The van der Waals surface area contributed by atoms with Crippen LogP contribution in [0.15, 0.2) is 66.9 Å². The molecule has 0 spiro atoms. The van der Waals surface area contributed by atoms with Gasteiger partial charge in [0.2, 0.25) is 5.88 Å². The van der Waals surface area contributed by atoms with Crippen LogP contribution in [0.3, 0.4) is 0 Å². The van der Waals surface area contributed by atoms with Crippen LogP contribution in [0.2, 0.25) is 0 Å². The number of nitrogens with one attached hydrogen (secondary N) is 1. The maximum absolute atomic E-state index is 12.1. The third-order valence-electron chi connectivity index (χ3n) is 5.88. The second-order valence-corrected chi connectivity index (χ2v) is 8.22. The molecule has 3 aromatic rings. The van der Waals surface area contributed by atoms with Gasteiger partial charge in [0, 0.05) is 56.2 Å². The molecule has 172 valence electrons. The van der Waals surface area contributed by atoms with E-state index in [1.165, 1.54) is 11.3 Å². The summed E-state index contributed by atoms with van der Waals surface area (Å²) < 4.78 is 5.27. The van der Waals surface area contributed by atoms with Crippen molar-refractivity contribution < 1.29 is 14.6 Å². The van der Waals surface area contributed by atoms with Crippen LogP contribution in [-0.4, -0.2) is 60.4 Å². The van der Waals surface area contributed by atoms with Gasteiger partial charge in [-0.15, -0.1) is 0 Å². The zero-order valence-electron chi connectivity index (χ0n) is 18.9. The molecule has 2 aromatic carbocycles. The number of hydrogen-bond donors (Lipinski definition) is 2. The largest absolute Gasteiger partial charge is 0.508 e. The summed E-state index contributed by atoms with van der Waals surface area (Å²) in [6, 6.07) is 18.9. The SMILES string of the molecule is Cc1ccccc1N1CCN(CCCNC(=O)Oc2ccc(-c3ccc(O)cc3)cn2)CC1. The molecule has 0 saturated carbocycles. The van der Waals surface area contributed by atoms with E-state index in [0.29, 0.717) is 6.54 Å². The van der Waals surface area contributed by atoms with Crippen molar-refractivity contribution in [3.63, 3.8) is 0 Å². The monoisotopic (exact) mass is 446 g/mol. The number of ether oxygens (including phenoxy) is 1. The molecule has 0 unspecified atom stereocenters. The van der Waals surface area contributed by atoms with E-state index < -0.39 is 6.09 Å². The zero-order chi connectivity index (χ0) is 23.0. The molecule has 7 nitrogen and oxygen atoms in total. The summed E-state index contributed by atoms with van der Waals surface area (Å²) in [6.45, 7) is 7.75. The van der Waals surface area contributed by atoms with E-state index in [2.05, 4.69) is 51.3 Å². The van der Waals surface area contributed by atoms with Crippen molar-refractivity contribution in [3.05, 3.63) is 72.4 Å². The van der Waals surface area contributed by atoms with Crippen molar-refractivity contribution in [2.24, 2.45) is 0 Å². The lowest BCUT2D eigenvalue weighted by atomic mass is 10.1. The number of aryl methyl sites for hydroxylation is 1. The van der Waals surface area contributed by atoms with Gasteiger partial charge >= 0.3 is 6.09 Å². The Morgan fingerprint density at radius 3 is 2.42 bits per heavy atom. The number of amides is 1. The van der Waals surface area contributed by atoms with E-state index in [1.54, 1.807) is 24.4 Å². The van der Waals surface area contributed by atoms with Crippen molar-refractivity contribution in [1.82, 2.24) is 15.2 Å². The van der Waals surface area contributed by atoms with Crippen molar-refractivity contribution in [2.75, 3.05) is 44.2 Å². The fourth-order valence-electron chi connectivity index (χ4n) is 4.02. The molecule has 2 heterocycles. The maximum atomic E-state index is 12.1. The first-order valence-electron chi connectivity index (χ1n) is 11.3. The molecule has 1 aromatic heterocycles. The highest BCUT2D eigenvalue weighted by molar-refractivity contribution is 5.70. The first-order valence-corrected chi connectivity index (χ1v) is 11.3. The van der Waals surface area contributed by atoms with E-state index in [1.807, 2.05) is 18.2 Å². The number of carbonyl (C=O) groups excluding carboxylic acids is 1. The number of nitrogens with zero attached hydrogens (tertiary/aromatic N) is 3. The molecule has 0 aliphatic carbocycles. The highest BCUT2D eigenvalue weighted by Crippen LogP contribution is 2.23. The van der Waals surface area contributed by atoms with Crippen LogP contribution in [-0.2, 0) is 0 Å². The van der Waals surface area contributed by atoms with Gasteiger partial charge in [0.25, 0.3) is 0 Å². The van der Waals surface area contributed by atoms with Crippen LogP contribution in [0.4, 0.5) is 10.5 Å². The first kappa shape index (κ1) is 22.6. The number of pyridine rings is 1. The van der Waals surface area contributed by atoms with Gasteiger partial charge in [0.05, 0.1) is 0 Å². The predicted molar refractivity (Wildman–Crippen MR) is 130 cm³/mol. The number of carbonyl (C=O) groups is 1. The molecule has 0 radical (unpaired) electrons. The number of phenolic OH excluding ortho intramolecular Hbond substituents is 1. The van der Waals surface area contributed by atoms with Crippen LogP contribution in [0.1, 0.15) is 12.0 Å². The standard InChI is InChI=1S/C26H30N4O3/c1-20-5-2-3-6-24(20)30-17-15-29(16-18-30)14-4-13-27-26(32)33-25-12-9-22(19-28-25)21-7-10-23(31)11-8-21/h2-3,5-12,19,31H,4,13-18H2,1H3,(H,27,32). The van der Waals surface area contributed by atoms with E-state index in [9.17, 15) is 9.90 Å². The van der Waals surface area contributed by atoms with Crippen LogP contribution in [0.5, 0.6) is 11.6 Å². The fraction of sp³-hybridized carbons (Fsp3) is 0.308. The minimum Gasteiger partial charge on any atom is -0.508 e. The molecule has 7 heteroatoms. The second-order valence-electron chi connectivity index (χ2n) is 8.22. The number of aromatic hydroxyl groups is 1. The first-order chi connectivity index (χ1) is 16.1. The van der Waals surface area contributed by atoms with Crippen molar-refractivity contribution in [1.29, 1.82) is 0 Å². The molecule has 2 N–H and O–H groups in total. The van der Waals surface area contributed by atoms with Crippen LogP contribution >= 0.6 is 0 Å². The summed E-state index contributed by atoms with van der Waals surface area (Å²) in [7, 11) is 0. The van der Waals surface area contributed by atoms with E-state index in [-0.39, 0.29) is 11.6 Å². The molecular weight excluding hydrogens is 416 g/mol. The molecule has 1 aliphatic heterocycles. The third-order valence-corrected chi connectivity index (χ3v) is 5.88. The number of anilines is 1.